The van der Waals surface area contributed by atoms with E-state index in [0.717, 1.165) is 18.9 Å². The Morgan fingerprint density at radius 1 is 1.28 bits per heavy atom. The molecule has 1 aliphatic rings. The number of hydrogen-bond acceptors (Lipinski definition) is 5. The Balaban J connectivity index is 0.000000221. The van der Waals surface area contributed by atoms with Crippen LogP contribution in [0.4, 0.5) is 18.9 Å². The van der Waals surface area contributed by atoms with Crippen LogP contribution in [0.25, 0.3) is 0 Å². The fraction of sp³-hybridized carbons (Fsp3) is 0.400. The molecule has 0 bridgehead atoms. The van der Waals surface area contributed by atoms with Crippen molar-refractivity contribution in [2.75, 3.05) is 12.4 Å². The van der Waals surface area contributed by atoms with Crippen molar-refractivity contribution in [2.45, 2.75) is 44.8 Å². The minimum Gasteiger partial charge on any atom is -0.496 e. The summed E-state index contributed by atoms with van der Waals surface area (Å²) in [6, 6.07) is 8.48. The maximum atomic E-state index is 12.2. The number of methoxy groups -OCH3 is 1. The van der Waals surface area contributed by atoms with Crippen LogP contribution in [-0.2, 0) is 22.3 Å². The van der Waals surface area contributed by atoms with Crippen LogP contribution in [0, 0.1) is 0 Å². The standard InChI is InChI=1S/C12H16N2O3.C8H7F3O/c1-8-2-5-11(17-8)12(16)14-9-3-4-10(7-15)13-6-9;1-12-7-5-3-2-4-6(7)8(9,10)11/h3-4,6,8,11,15H,2,5,7H2,1H3,(H,14,16);2-5H,1H3. The van der Waals surface area contributed by atoms with E-state index in [1.165, 1.54) is 31.5 Å². The zero-order valence-corrected chi connectivity index (χ0v) is 16.1. The molecule has 1 fully saturated rings. The van der Waals surface area contributed by atoms with Crippen molar-refractivity contribution in [2.24, 2.45) is 0 Å². The highest BCUT2D eigenvalue weighted by Crippen LogP contribution is 2.35. The Morgan fingerprint density at radius 3 is 2.48 bits per heavy atom. The van der Waals surface area contributed by atoms with Crippen LogP contribution in [0.15, 0.2) is 42.6 Å². The van der Waals surface area contributed by atoms with E-state index in [1.54, 1.807) is 12.1 Å². The average molecular weight is 412 g/mol. The van der Waals surface area contributed by atoms with Crippen LogP contribution in [0.5, 0.6) is 5.75 Å². The van der Waals surface area contributed by atoms with Crippen molar-refractivity contribution in [3.63, 3.8) is 0 Å². The largest absolute Gasteiger partial charge is 0.496 e. The molecule has 2 heterocycles. The lowest BCUT2D eigenvalue weighted by Gasteiger charge is -2.11. The van der Waals surface area contributed by atoms with Gasteiger partial charge in [0.25, 0.3) is 5.91 Å². The lowest BCUT2D eigenvalue weighted by Crippen LogP contribution is -2.27. The van der Waals surface area contributed by atoms with Gasteiger partial charge in [-0.1, -0.05) is 12.1 Å². The molecular weight excluding hydrogens is 389 g/mol. The minimum atomic E-state index is -4.34. The molecule has 158 valence electrons. The summed E-state index contributed by atoms with van der Waals surface area (Å²) in [6.07, 6.45) is -1.34. The van der Waals surface area contributed by atoms with Crippen LogP contribution in [-0.4, -0.2) is 35.3 Å². The molecule has 0 aliphatic carbocycles. The summed E-state index contributed by atoms with van der Waals surface area (Å²) in [4.78, 5) is 15.8. The number of rotatable bonds is 4. The number of hydrogen-bond donors (Lipinski definition) is 2. The Bertz CT molecular complexity index is 797. The SMILES string of the molecule is CC1CCC(C(=O)Nc2ccc(CO)nc2)O1.COc1ccccc1C(F)(F)F. The van der Waals surface area contributed by atoms with Crippen LogP contribution in [0.3, 0.4) is 0 Å². The molecule has 3 rings (SSSR count). The Labute approximate surface area is 166 Å². The maximum Gasteiger partial charge on any atom is 0.419 e. The molecule has 2 N–H and O–H groups in total. The molecule has 1 aliphatic heterocycles. The topological polar surface area (TPSA) is 80.7 Å². The molecule has 1 saturated heterocycles. The first kappa shape index (κ1) is 22.6. The summed E-state index contributed by atoms with van der Waals surface area (Å²) in [5.74, 6) is -0.280. The number of benzene rings is 1. The summed E-state index contributed by atoms with van der Waals surface area (Å²) >= 11 is 0. The van der Waals surface area contributed by atoms with Crippen LogP contribution in [0.1, 0.15) is 31.0 Å². The van der Waals surface area contributed by atoms with Gasteiger partial charge in [0, 0.05) is 0 Å². The third-order valence-electron chi connectivity index (χ3n) is 4.19. The van der Waals surface area contributed by atoms with Gasteiger partial charge in [0.2, 0.25) is 0 Å². The first-order valence-electron chi connectivity index (χ1n) is 8.97. The first-order valence-corrected chi connectivity index (χ1v) is 8.97. The number of alkyl halides is 3. The van der Waals surface area contributed by atoms with E-state index in [0.29, 0.717) is 11.4 Å². The van der Waals surface area contributed by atoms with Gasteiger partial charge in [-0.15, -0.1) is 0 Å². The molecule has 0 saturated carbocycles. The smallest absolute Gasteiger partial charge is 0.419 e. The summed E-state index contributed by atoms with van der Waals surface area (Å²) in [5, 5.41) is 11.6. The summed E-state index contributed by atoms with van der Waals surface area (Å²) < 4.78 is 46.5. The molecule has 1 amide bonds. The van der Waals surface area contributed by atoms with Crippen molar-refractivity contribution in [1.29, 1.82) is 0 Å². The lowest BCUT2D eigenvalue weighted by molar-refractivity contribution is -0.138. The molecule has 0 radical (unpaired) electrons. The Kier molecular flexibility index (Phi) is 7.98. The quantitative estimate of drug-likeness (QED) is 0.799. The van der Waals surface area contributed by atoms with E-state index >= 15 is 0 Å². The number of pyridine rings is 1. The molecule has 2 atom stereocenters. The van der Waals surface area contributed by atoms with Crippen molar-refractivity contribution in [3.05, 3.63) is 53.9 Å². The summed E-state index contributed by atoms with van der Waals surface area (Å²) in [5.41, 5.74) is 0.455. The molecule has 1 aromatic heterocycles. The van der Waals surface area contributed by atoms with Gasteiger partial charge < -0.3 is 19.9 Å². The Morgan fingerprint density at radius 2 is 2.00 bits per heavy atom. The van der Waals surface area contributed by atoms with E-state index < -0.39 is 11.7 Å². The molecule has 2 unspecified atom stereocenters. The molecule has 29 heavy (non-hydrogen) atoms. The van der Waals surface area contributed by atoms with E-state index in [9.17, 15) is 18.0 Å². The first-order chi connectivity index (χ1) is 13.7. The van der Waals surface area contributed by atoms with Gasteiger partial charge in [0.05, 0.1) is 43.0 Å². The number of amides is 1. The number of carbonyl (C=O) groups excluding carboxylic acids is 1. The van der Waals surface area contributed by atoms with Crippen molar-refractivity contribution in [3.8, 4) is 5.75 Å². The van der Waals surface area contributed by atoms with Crippen LogP contribution < -0.4 is 10.1 Å². The third kappa shape index (κ3) is 6.72. The predicted molar refractivity (Wildman–Crippen MR) is 100 cm³/mol. The van der Waals surface area contributed by atoms with Gasteiger partial charge in [-0.2, -0.15) is 13.2 Å². The number of aliphatic hydroxyl groups is 1. The van der Waals surface area contributed by atoms with E-state index in [4.69, 9.17) is 9.84 Å². The fourth-order valence-corrected chi connectivity index (χ4v) is 2.69. The number of carbonyl (C=O) groups is 1. The predicted octanol–water partition coefficient (Wildman–Crippen LogP) is 3.79. The number of anilines is 1. The highest BCUT2D eigenvalue weighted by atomic mass is 19.4. The highest BCUT2D eigenvalue weighted by Gasteiger charge is 2.33. The van der Waals surface area contributed by atoms with Crippen LogP contribution in [0.2, 0.25) is 0 Å². The third-order valence-corrected chi connectivity index (χ3v) is 4.19. The number of ether oxygens (including phenoxy) is 2. The summed E-state index contributed by atoms with van der Waals surface area (Å²) in [6.45, 7) is 1.86. The number of aliphatic hydroxyl groups excluding tert-OH is 1. The average Bonchev–Trinajstić information content (AvgIpc) is 3.15. The number of para-hydroxylation sites is 1. The van der Waals surface area contributed by atoms with Crippen molar-refractivity contribution >= 4 is 11.6 Å². The number of nitrogens with one attached hydrogen (secondary N) is 1. The minimum absolute atomic E-state index is 0.0997. The number of aromatic nitrogens is 1. The zero-order valence-electron chi connectivity index (χ0n) is 16.1. The zero-order chi connectivity index (χ0) is 21.4. The van der Waals surface area contributed by atoms with Crippen LogP contribution >= 0.6 is 0 Å². The van der Waals surface area contributed by atoms with E-state index in [1.807, 2.05) is 6.92 Å². The van der Waals surface area contributed by atoms with E-state index in [2.05, 4.69) is 15.0 Å². The summed E-state index contributed by atoms with van der Waals surface area (Å²) in [7, 11) is 1.21. The van der Waals surface area contributed by atoms with E-state index in [-0.39, 0.29) is 30.5 Å². The number of nitrogens with zero attached hydrogens (tertiary/aromatic N) is 1. The highest BCUT2D eigenvalue weighted by molar-refractivity contribution is 5.94. The second-order valence-corrected chi connectivity index (χ2v) is 6.40. The van der Waals surface area contributed by atoms with Gasteiger partial charge in [0.1, 0.15) is 11.9 Å². The molecule has 9 heteroatoms. The molecular formula is C20H23F3N2O4. The molecule has 2 aromatic rings. The Hall–Kier alpha value is -2.65. The second-order valence-electron chi connectivity index (χ2n) is 6.40. The monoisotopic (exact) mass is 412 g/mol. The van der Waals surface area contributed by atoms with Gasteiger partial charge >= 0.3 is 6.18 Å². The normalized spacial score (nSPS) is 18.6. The second kappa shape index (κ2) is 10.2. The maximum absolute atomic E-state index is 12.2. The fourth-order valence-electron chi connectivity index (χ4n) is 2.69. The van der Waals surface area contributed by atoms with Gasteiger partial charge in [0.15, 0.2) is 0 Å². The van der Waals surface area contributed by atoms with Gasteiger partial charge in [-0.3, -0.25) is 9.78 Å². The van der Waals surface area contributed by atoms with Crippen molar-refractivity contribution < 1.29 is 32.5 Å². The van der Waals surface area contributed by atoms with Crippen molar-refractivity contribution in [1.82, 2.24) is 4.98 Å². The molecule has 1 aromatic carbocycles. The number of halogens is 3. The van der Waals surface area contributed by atoms with Gasteiger partial charge in [-0.05, 0) is 44.0 Å². The molecule has 0 spiro atoms. The molecule has 6 nitrogen and oxygen atoms in total. The lowest BCUT2D eigenvalue weighted by atomic mass is 10.2. The van der Waals surface area contributed by atoms with Gasteiger partial charge in [-0.25, -0.2) is 0 Å².